The molecule has 4 rings (SSSR count). The molecule has 0 atom stereocenters. The minimum Gasteiger partial charge on any atom is -0.331 e. The molecule has 0 fully saturated rings. The van der Waals surface area contributed by atoms with Gasteiger partial charge in [0.15, 0.2) is 5.78 Å². The van der Waals surface area contributed by atoms with Crippen LogP contribution < -0.4 is 0 Å². The maximum atomic E-state index is 12.5. The topological polar surface area (TPSA) is 60.7 Å². The van der Waals surface area contributed by atoms with Gasteiger partial charge in [-0.1, -0.05) is 48.4 Å². The first-order valence-corrected chi connectivity index (χ1v) is 8.69. The zero-order valence-corrected chi connectivity index (χ0v) is 15.4. The highest BCUT2D eigenvalue weighted by Crippen LogP contribution is 2.23. The van der Waals surface area contributed by atoms with E-state index >= 15 is 0 Å². The molecule has 0 aliphatic carbocycles. The number of hydrogen-bond acceptors (Lipinski definition) is 4. The van der Waals surface area contributed by atoms with Gasteiger partial charge in [0, 0.05) is 24.2 Å². The number of allylic oxidation sites excluding steroid dienone is 1. The van der Waals surface area contributed by atoms with Crippen molar-refractivity contribution in [3.63, 3.8) is 0 Å². The average Bonchev–Trinajstić information content (AvgIpc) is 3.14. The van der Waals surface area contributed by atoms with E-state index < -0.39 is 18.1 Å². The Hall–Kier alpha value is -3.60. The molecule has 0 amide bonds. The molecule has 2 aromatic heterocycles. The molecule has 0 aliphatic heterocycles. The lowest BCUT2D eigenvalue weighted by Gasteiger charge is -2.06. The highest BCUT2D eigenvalue weighted by atomic mass is 16.1. The van der Waals surface area contributed by atoms with Gasteiger partial charge in [-0.05, 0) is 24.6 Å². The van der Waals surface area contributed by atoms with Gasteiger partial charge in [-0.15, -0.1) is 0 Å². The fourth-order valence-electron chi connectivity index (χ4n) is 2.81. The SMILES string of the molecule is [2H]c1c([2H])c([2H])c(/C=C/C(=O)Cc2ncc3ccc(-c4cnc(C)n4C)cc3n2)c([2H])c1[2H]. The third kappa shape index (κ3) is 3.74. The molecule has 28 heavy (non-hydrogen) atoms. The van der Waals surface area contributed by atoms with E-state index in [9.17, 15) is 4.79 Å². The highest BCUT2D eigenvalue weighted by molar-refractivity contribution is 5.95. The molecule has 0 spiro atoms. The number of benzene rings is 2. The van der Waals surface area contributed by atoms with Crippen molar-refractivity contribution in [3.8, 4) is 11.3 Å². The molecule has 138 valence electrons. The first-order valence-electron chi connectivity index (χ1n) is 11.2. The molecule has 0 saturated carbocycles. The summed E-state index contributed by atoms with van der Waals surface area (Å²) in [6.45, 7) is 1.92. The van der Waals surface area contributed by atoms with Gasteiger partial charge in [0.2, 0.25) is 0 Å². The van der Waals surface area contributed by atoms with Crippen LogP contribution in [0.5, 0.6) is 0 Å². The van der Waals surface area contributed by atoms with E-state index in [1.165, 1.54) is 12.2 Å². The third-order valence-electron chi connectivity index (χ3n) is 4.44. The molecule has 2 heterocycles. The second-order valence-electron chi connectivity index (χ2n) is 6.32. The minimum absolute atomic E-state index is 0.0371. The van der Waals surface area contributed by atoms with E-state index in [2.05, 4.69) is 15.0 Å². The van der Waals surface area contributed by atoms with Crippen molar-refractivity contribution in [2.75, 3.05) is 0 Å². The van der Waals surface area contributed by atoms with Gasteiger partial charge in [-0.3, -0.25) is 4.79 Å². The lowest BCUT2D eigenvalue weighted by atomic mass is 10.1. The van der Waals surface area contributed by atoms with Crippen LogP contribution >= 0.6 is 0 Å². The van der Waals surface area contributed by atoms with Crippen molar-refractivity contribution in [2.45, 2.75) is 13.3 Å². The van der Waals surface area contributed by atoms with Crippen molar-refractivity contribution in [3.05, 3.63) is 84.1 Å². The Bertz CT molecular complexity index is 1420. The van der Waals surface area contributed by atoms with Crippen molar-refractivity contribution in [2.24, 2.45) is 7.05 Å². The summed E-state index contributed by atoms with van der Waals surface area (Å²) in [5.41, 5.74) is 2.55. The molecule has 0 bridgehead atoms. The van der Waals surface area contributed by atoms with Crippen LogP contribution in [0.3, 0.4) is 0 Å². The summed E-state index contributed by atoms with van der Waals surface area (Å²) in [4.78, 5) is 25.6. The fourth-order valence-corrected chi connectivity index (χ4v) is 2.81. The zero-order valence-electron chi connectivity index (χ0n) is 20.4. The smallest absolute Gasteiger partial charge is 0.163 e. The number of imidazole rings is 1. The van der Waals surface area contributed by atoms with Gasteiger partial charge in [0.25, 0.3) is 0 Å². The van der Waals surface area contributed by atoms with Crippen LogP contribution in [0.15, 0.2) is 66.9 Å². The number of aromatic nitrogens is 4. The number of carbonyl (C=O) groups excluding carboxylic acids is 1. The van der Waals surface area contributed by atoms with Gasteiger partial charge in [0.1, 0.15) is 11.6 Å². The van der Waals surface area contributed by atoms with Crippen molar-refractivity contribution in [1.82, 2.24) is 19.5 Å². The van der Waals surface area contributed by atoms with Crippen molar-refractivity contribution in [1.29, 1.82) is 0 Å². The van der Waals surface area contributed by atoms with E-state index in [-0.39, 0.29) is 29.9 Å². The normalized spacial score (nSPS) is 13.9. The van der Waals surface area contributed by atoms with E-state index in [1.807, 2.05) is 36.7 Å². The predicted molar refractivity (Wildman–Crippen MR) is 111 cm³/mol. The molecule has 5 heteroatoms. The van der Waals surface area contributed by atoms with E-state index in [4.69, 9.17) is 6.85 Å². The van der Waals surface area contributed by atoms with Crippen molar-refractivity contribution < 1.29 is 11.6 Å². The summed E-state index contributed by atoms with van der Waals surface area (Å²) < 4.78 is 40.9. The van der Waals surface area contributed by atoms with E-state index in [1.54, 1.807) is 12.4 Å². The zero-order chi connectivity index (χ0) is 23.9. The summed E-state index contributed by atoms with van der Waals surface area (Å²) >= 11 is 0. The molecular weight excluding hydrogens is 348 g/mol. The fraction of sp³-hybridized carbons (Fsp3) is 0.130. The first-order chi connectivity index (χ1) is 15.7. The van der Waals surface area contributed by atoms with Gasteiger partial charge < -0.3 is 4.57 Å². The summed E-state index contributed by atoms with van der Waals surface area (Å²) in [5, 5.41) is 0.837. The highest BCUT2D eigenvalue weighted by Gasteiger charge is 2.09. The molecule has 0 saturated heterocycles. The van der Waals surface area contributed by atoms with Crippen LogP contribution in [0.4, 0.5) is 0 Å². The monoisotopic (exact) mass is 373 g/mol. The summed E-state index contributed by atoms with van der Waals surface area (Å²) in [5.74, 6) is 0.876. The number of aryl methyl sites for hydroxylation is 1. The van der Waals surface area contributed by atoms with Crippen LogP contribution in [0.2, 0.25) is 0 Å². The number of fused-ring (bicyclic) bond motifs is 1. The summed E-state index contributed by atoms with van der Waals surface area (Å²) in [6.07, 6.45) is 5.80. The molecule has 0 unspecified atom stereocenters. The average molecular weight is 373 g/mol. The lowest BCUT2D eigenvalue weighted by Crippen LogP contribution is -2.03. The van der Waals surface area contributed by atoms with Crippen LogP contribution in [0.25, 0.3) is 28.2 Å². The van der Waals surface area contributed by atoms with Crippen LogP contribution in [0, 0.1) is 6.92 Å². The Labute approximate surface area is 170 Å². The molecule has 5 nitrogen and oxygen atoms in total. The van der Waals surface area contributed by atoms with Gasteiger partial charge in [-0.2, -0.15) is 0 Å². The Balaban J connectivity index is 1.59. The molecule has 0 aliphatic rings. The van der Waals surface area contributed by atoms with Gasteiger partial charge in [0.05, 0.1) is 30.7 Å². The standard InChI is InChI=1S/C23H20N4O/c1-16-24-15-22(27(16)2)18-9-10-19-14-25-23(26-21(19)12-18)13-20(28)11-8-17-6-4-3-5-7-17/h3-12,14-15H,13H2,1-2H3/b11-8+/i3D,4D,5D,6D,7D. The maximum absolute atomic E-state index is 12.5. The number of carbonyl (C=O) groups is 1. The lowest BCUT2D eigenvalue weighted by molar-refractivity contribution is -0.114. The second-order valence-corrected chi connectivity index (χ2v) is 6.32. The minimum atomic E-state index is -0.473. The number of nitrogens with zero attached hydrogens (tertiary/aromatic N) is 4. The van der Waals surface area contributed by atoms with Crippen molar-refractivity contribution >= 4 is 22.8 Å². The van der Waals surface area contributed by atoms with E-state index in [0.29, 0.717) is 11.3 Å². The number of ketones is 1. The third-order valence-corrected chi connectivity index (χ3v) is 4.44. The first kappa shape index (κ1) is 12.7. The summed E-state index contributed by atoms with van der Waals surface area (Å²) in [7, 11) is 1.94. The number of hydrogen-bond donors (Lipinski definition) is 0. The molecule has 2 aromatic carbocycles. The van der Waals surface area contributed by atoms with Crippen LogP contribution in [-0.2, 0) is 18.3 Å². The molecule has 0 radical (unpaired) electrons. The Kier molecular flexibility index (Phi) is 3.44. The van der Waals surface area contributed by atoms with Crippen LogP contribution in [0.1, 0.15) is 24.1 Å². The molecule has 0 N–H and O–H groups in total. The quantitative estimate of drug-likeness (QED) is 0.493. The van der Waals surface area contributed by atoms with Crippen LogP contribution in [-0.4, -0.2) is 25.3 Å². The van der Waals surface area contributed by atoms with Gasteiger partial charge >= 0.3 is 0 Å². The maximum Gasteiger partial charge on any atom is 0.163 e. The Morgan fingerprint density at radius 1 is 1.18 bits per heavy atom. The number of rotatable bonds is 5. The molecule has 4 aromatic rings. The Morgan fingerprint density at radius 3 is 2.75 bits per heavy atom. The molecular formula is C23H20N4O. The predicted octanol–water partition coefficient (Wildman–Crippen LogP) is 4.16. The Morgan fingerprint density at radius 2 is 2.00 bits per heavy atom. The largest absolute Gasteiger partial charge is 0.331 e. The van der Waals surface area contributed by atoms with Gasteiger partial charge in [-0.25, -0.2) is 15.0 Å². The van der Waals surface area contributed by atoms with E-state index in [0.717, 1.165) is 22.5 Å². The summed E-state index contributed by atoms with van der Waals surface area (Å²) in [6, 6.07) is 3.73. The second kappa shape index (κ2) is 7.56.